The Hall–Kier alpha value is -2.86. The lowest BCUT2D eigenvalue weighted by molar-refractivity contribution is -0.140. The lowest BCUT2D eigenvalue weighted by atomic mass is 10.1. The summed E-state index contributed by atoms with van der Waals surface area (Å²) in [6, 6.07) is 12.6. The highest BCUT2D eigenvalue weighted by molar-refractivity contribution is 7.89. The molecule has 0 atom stereocenters. The van der Waals surface area contributed by atoms with E-state index >= 15 is 0 Å². The number of benzene rings is 2. The molecule has 0 aliphatic heterocycles. The molecule has 0 radical (unpaired) electrons. The van der Waals surface area contributed by atoms with Gasteiger partial charge < -0.3 is 24.5 Å². The quantitative estimate of drug-likeness (QED) is 0.163. The van der Waals surface area contributed by atoms with E-state index in [0.717, 1.165) is 21.3 Å². The van der Waals surface area contributed by atoms with Crippen LogP contribution in [-0.2, 0) is 37.6 Å². The van der Waals surface area contributed by atoms with Gasteiger partial charge >= 0.3 is 5.97 Å². The van der Waals surface area contributed by atoms with Gasteiger partial charge in [-0.25, -0.2) is 8.42 Å². The summed E-state index contributed by atoms with van der Waals surface area (Å²) in [6.45, 7) is 7.31. The SMILES string of the molecule is COC(=O)CN(Cc1cn(COCC[Si](C)(C)C)c2cccc(N)c12)S(=O)(=O)c1ccc(OC)cc1. The molecule has 0 saturated heterocycles. The zero-order valence-electron chi connectivity index (χ0n) is 21.5. The molecular weight excluding hydrogens is 498 g/mol. The summed E-state index contributed by atoms with van der Waals surface area (Å²) in [5.74, 6) is -0.142. The van der Waals surface area contributed by atoms with Gasteiger partial charge in [0.05, 0.1) is 24.6 Å². The number of aromatic nitrogens is 1. The number of carbonyl (C=O) groups is 1. The van der Waals surface area contributed by atoms with Crippen LogP contribution in [0.3, 0.4) is 0 Å². The number of sulfonamides is 1. The highest BCUT2D eigenvalue weighted by atomic mass is 32.2. The van der Waals surface area contributed by atoms with Crippen LogP contribution >= 0.6 is 0 Å². The van der Waals surface area contributed by atoms with Crippen molar-refractivity contribution in [3.63, 3.8) is 0 Å². The molecule has 0 aliphatic rings. The fourth-order valence-electron chi connectivity index (χ4n) is 3.76. The Morgan fingerprint density at radius 1 is 1.08 bits per heavy atom. The van der Waals surface area contributed by atoms with E-state index in [0.29, 0.717) is 30.3 Å². The van der Waals surface area contributed by atoms with E-state index in [9.17, 15) is 13.2 Å². The predicted molar refractivity (Wildman–Crippen MR) is 143 cm³/mol. The van der Waals surface area contributed by atoms with Crippen molar-refractivity contribution in [1.29, 1.82) is 0 Å². The van der Waals surface area contributed by atoms with E-state index < -0.39 is 30.6 Å². The van der Waals surface area contributed by atoms with Crippen molar-refractivity contribution in [2.24, 2.45) is 0 Å². The molecule has 0 bridgehead atoms. The minimum atomic E-state index is -4.04. The van der Waals surface area contributed by atoms with Crippen molar-refractivity contribution in [2.45, 2.75) is 43.9 Å². The van der Waals surface area contributed by atoms with Gasteiger partial charge in [0.25, 0.3) is 0 Å². The van der Waals surface area contributed by atoms with Gasteiger partial charge in [-0.3, -0.25) is 4.79 Å². The number of methoxy groups -OCH3 is 2. The third-order valence-corrected chi connectivity index (χ3v) is 9.33. The maximum atomic E-state index is 13.5. The third-order valence-electron chi connectivity index (χ3n) is 5.82. The molecule has 11 heteroatoms. The monoisotopic (exact) mass is 533 g/mol. The Morgan fingerprint density at radius 2 is 1.78 bits per heavy atom. The van der Waals surface area contributed by atoms with E-state index in [1.165, 1.54) is 26.4 Å². The Kier molecular flexibility index (Phi) is 8.83. The number of nitrogen functional groups attached to an aromatic ring is 1. The van der Waals surface area contributed by atoms with Crippen LogP contribution in [0.4, 0.5) is 5.69 Å². The zero-order valence-corrected chi connectivity index (χ0v) is 23.3. The van der Waals surface area contributed by atoms with Crippen molar-refractivity contribution >= 4 is 40.7 Å². The van der Waals surface area contributed by atoms with Crippen LogP contribution in [0.25, 0.3) is 10.9 Å². The van der Waals surface area contributed by atoms with Crippen LogP contribution in [0, 0.1) is 0 Å². The standard InChI is InChI=1S/C25H35N3O6SSi/c1-32-20-9-11-21(12-10-20)35(30,31)28(17-24(29)33-2)16-19-15-27(18-34-13-14-36(3,4)5)23-8-6-7-22(26)25(19)23/h6-12,15H,13-14,16-18,26H2,1-5H3. The van der Waals surface area contributed by atoms with Crippen LogP contribution in [0.15, 0.2) is 53.6 Å². The molecule has 0 unspecified atom stereocenters. The first-order valence-corrected chi connectivity index (χ1v) is 16.8. The second-order valence-electron chi connectivity index (χ2n) is 9.74. The van der Waals surface area contributed by atoms with Gasteiger partial charge in [-0.1, -0.05) is 25.7 Å². The molecule has 0 spiro atoms. The molecule has 0 saturated carbocycles. The predicted octanol–water partition coefficient (Wildman–Crippen LogP) is 3.91. The molecule has 2 N–H and O–H groups in total. The highest BCUT2D eigenvalue weighted by Crippen LogP contribution is 2.30. The molecule has 1 aromatic heterocycles. The Labute approximate surface area is 213 Å². The van der Waals surface area contributed by atoms with Crippen molar-refractivity contribution in [2.75, 3.05) is 33.1 Å². The fraction of sp³-hybridized carbons (Fsp3) is 0.400. The minimum absolute atomic E-state index is 0.0404. The number of fused-ring (bicyclic) bond motifs is 1. The number of anilines is 1. The number of carbonyl (C=O) groups excluding carboxylic acids is 1. The largest absolute Gasteiger partial charge is 0.497 e. The fourth-order valence-corrected chi connectivity index (χ4v) is 5.88. The molecule has 0 fully saturated rings. The summed E-state index contributed by atoms with van der Waals surface area (Å²) < 4.78 is 46.0. The number of rotatable bonds is 12. The minimum Gasteiger partial charge on any atom is -0.497 e. The summed E-state index contributed by atoms with van der Waals surface area (Å²) in [7, 11) is -2.55. The van der Waals surface area contributed by atoms with Gasteiger partial charge in [0.2, 0.25) is 10.0 Å². The van der Waals surface area contributed by atoms with Gasteiger partial charge in [0.1, 0.15) is 19.0 Å². The van der Waals surface area contributed by atoms with Crippen LogP contribution in [0.5, 0.6) is 5.75 Å². The molecular formula is C25H35N3O6SSi. The van der Waals surface area contributed by atoms with Gasteiger partial charge in [0.15, 0.2) is 0 Å². The molecule has 3 aromatic rings. The normalized spacial score (nSPS) is 12.3. The van der Waals surface area contributed by atoms with Gasteiger partial charge in [-0.05, 0) is 48.0 Å². The average Bonchev–Trinajstić information content (AvgIpc) is 3.19. The van der Waals surface area contributed by atoms with Crippen LogP contribution in [0.1, 0.15) is 5.56 Å². The molecule has 2 aromatic carbocycles. The summed E-state index contributed by atoms with van der Waals surface area (Å²) in [4.78, 5) is 12.2. The molecule has 3 rings (SSSR count). The van der Waals surface area contributed by atoms with E-state index in [2.05, 4.69) is 19.6 Å². The number of hydrogen-bond acceptors (Lipinski definition) is 7. The Bertz CT molecular complexity index is 1300. The Balaban J connectivity index is 1.96. The summed E-state index contributed by atoms with van der Waals surface area (Å²) in [5, 5.41) is 0.728. The summed E-state index contributed by atoms with van der Waals surface area (Å²) in [6.07, 6.45) is 1.84. The van der Waals surface area contributed by atoms with E-state index in [4.69, 9.17) is 19.9 Å². The van der Waals surface area contributed by atoms with E-state index in [1.807, 2.05) is 22.9 Å². The topological polar surface area (TPSA) is 113 Å². The maximum absolute atomic E-state index is 13.5. The number of nitrogens with two attached hydrogens (primary N) is 1. The molecule has 36 heavy (non-hydrogen) atoms. The second kappa shape index (κ2) is 11.5. The van der Waals surface area contributed by atoms with E-state index in [-0.39, 0.29) is 11.4 Å². The molecule has 0 amide bonds. The first-order valence-electron chi connectivity index (χ1n) is 11.6. The van der Waals surface area contributed by atoms with E-state index in [1.54, 1.807) is 18.2 Å². The number of ether oxygens (including phenoxy) is 3. The first kappa shape index (κ1) is 27.7. The highest BCUT2D eigenvalue weighted by Gasteiger charge is 2.29. The summed E-state index contributed by atoms with van der Waals surface area (Å²) in [5.41, 5.74) is 8.33. The zero-order chi connectivity index (χ0) is 26.5. The summed E-state index contributed by atoms with van der Waals surface area (Å²) >= 11 is 0. The molecule has 196 valence electrons. The third kappa shape index (κ3) is 6.67. The molecule has 9 nitrogen and oxygen atoms in total. The maximum Gasteiger partial charge on any atom is 0.321 e. The first-order chi connectivity index (χ1) is 17.0. The van der Waals surface area contributed by atoms with Gasteiger partial charge in [-0.15, -0.1) is 0 Å². The van der Waals surface area contributed by atoms with Crippen LogP contribution in [0.2, 0.25) is 25.7 Å². The van der Waals surface area contributed by atoms with Crippen molar-refractivity contribution < 1.29 is 27.4 Å². The lowest BCUT2D eigenvalue weighted by Crippen LogP contribution is -2.35. The number of hydrogen-bond donors (Lipinski definition) is 1. The van der Waals surface area contributed by atoms with Gasteiger partial charge in [0, 0.05) is 38.5 Å². The second-order valence-corrected chi connectivity index (χ2v) is 17.3. The molecule has 0 aliphatic carbocycles. The Morgan fingerprint density at radius 3 is 2.39 bits per heavy atom. The average molecular weight is 534 g/mol. The van der Waals surface area contributed by atoms with Crippen LogP contribution < -0.4 is 10.5 Å². The van der Waals surface area contributed by atoms with Crippen molar-refractivity contribution in [3.05, 3.63) is 54.2 Å². The van der Waals surface area contributed by atoms with Crippen LogP contribution in [-0.4, -0.2) is 58.7 Å². The number of esters is 1. The smallest absolute Gasteiger partial charge is 0.321 e. The number of nitrogens with zero attached hydrogens (tertiary/aromatic N) is 2. The van der Waals surface area contributed by atoms with Crippen molar-refractivity contribution in [1.82, 2.24) is 8.87 Å². The van der Waals surface area contributed by atoms with Gasteiger partial charge in [-0.2, -0.15) is 4.31 Å². The van der Waals surface area contributed by atoms with Crippen molar-refractivity contribution in [3.8, 4) is 5.75 Å². The lowest BCUT2D eigenvalue weighted by Gasteiger charge is -2.21. The molecule has 1 heterocycles.